The van der Waals surface area contributed by atoms with Crippen molar-refractivity contribution in [2.45, 2.75) is 85.5 Å². The van der Waals surface area contributed by atoms with Gasteiger partial charge in [-0.2, -0.15) is 0 Å². The summed E-state index contributed by atoms with van der Waals surface area (Å²) in [5.74, 6) is 0. The first kappa shape index (κ1) is 19.2. The highest BCUT2D eigenvalue weighted by atomic mass is 16.3. The van der Waals surface area contributed by atoms with Crippen LogP contribution in [0.15, 0.2) is 0 Å². The van der Waals surface area contributed by atoms with E-state index in [-0.39, 0.29) is 11.8 Å². The summed E-state index contributed by atoms with van der Waals surface area (Å²) in [6.07, 6.45) is 0.458. The molecule has 0 saturated heterocycles. The van der Waals surface area contributed by atoms with Crippen molar-refractivity contribution in [2.75, 3.05) is 0 Å². The third-order valence-electron chi connectivity index (χ3n) is 3.51. The van der Waals surface area contributed by atoms with Crippen molar-refractivity contribution in [3.63, 3.8) is 0 Å². The highest BCUT2D eigenvalue weighted by molar-refractivity contribution is 5.01. The number of hydrogen-bond acceptors (Lipinski definition) is 3. The minimum atomic E-state index is -1.15. The van der Waals surface area contributed by atoms with Crippen LogP contribution in [0.3, 0.4) is 0 Å². The average Bonchev–Trinajstić information content (AvgIpc) is 2.30. The molecule has 1 aliphatic carbocycles. The van der Waals surface area contributed by atoms with Gasteiger partial charge in [-0.05, 0) is 25.2 Å². The molecule has 0 radical (unpaired) electrons. The molecule has 1 rings (SSSR count). The second kappa shape index (κ2) is 8.06. The molecule has 0 aromatic heterocycles. The van der Waals surface area contributed by atoms with Gasteiger partial charge in [-0.25, -0.2) is 0 Å². The molecule has 3 N–H and O–H groups in total. The second-order valence-electron chi connectivity index (χ2n) is 4.88. The summed E-state index contributed by atoms with van der Waals surface area (Å²) in [7, 11) is 0. The van der Waals surface area contributed by atoms with Gasteiger partial charge in [0.15, 0.2) is 0 Å². The van der Waals surface area contributed by atoms with E-state index < -0.39 is 17.8 Å². The first-order valence-electron chi connectivity index (χ1n) is 6.88. The van der Waals surface area contributed by atoms with Crippen LogP contribution >= 0.6 is 0 Å². The summed E-state index contributed by atoms with van der Waals surface area (Å²) in [6.45, 7) is 13.5. The van der Waals surface area contributed by atoms with E-state index in [1.165, 1.54) is 0 Å². The normalized spacial score (nSPS) is 32.5. The standard InChI is InChI=1S/C10H20O3.2C2H6/c1-7(11)10(13)6-8(12)4-5-9(10,2)3;2*1-2/h7-8,11-13H,4-6H2,1-3H3;2*1-2H3/t7-,8-,10-;;/m0../s1. The minimum Gasteiger partial charge on any atom is -0.393 e. The largest absolute Gasteiger partial charge is 0.393 e. The Hall–Kier alpha value is -0.120. The van der Waals surface area contributed by atoms with Gasteiger partial charge in [-0.1, -0.05) is 41.5 Å². The third kappa shape index (κ3) is 4.57. The summed E-state index contributed by atoms with van der Waals surface area (Å²) in [5, 5.41) is 29.2. The van der Waals surface area contributed by atoms with Gasteiger partial charge in [0.1, 0.15) is 0 Å². The zero-order chi connectivity index (χ0) is 14.3. The van der Waals surface area contributed by atoms with E-state index in [4.69, 9.17) is 0 Å². The fourth-order valence-corrected chi connectivity index (χ4v) is 2.22. The molecule has 3 atom stereocenters. The van der Waals surface area contributed by atoms with E-state index in [2.05, 4.69) is 0 Å². The molecular formula is C14H32O3. The molecule has 0 amide bonds. The van der Waals surface area contributed by atoms with Crippen molar-refractivity contribution in [3.05, 3.63) is 0 Å². The summed E-state index contributed by atoms with van der Waals surface area (Å²) >= 11 is 0. The SMILES string of the molecule is CC.CC.C[C@H](O)[C@@]1(O)C[C@@H](O)CCC1(C)C. The zero-order valence-electron chi connectivity index (χ0n) is 12.6. The first-order chi connectivity index (χ1) is 7.79. The van der Waals surface area contributed by atoms with Crippen molar-refractivity contribution in [2.24, 2.45) is 5.41 Å². The minimum absolute atomic E-state index is 0.275. The number of aliphatic hydroxyl groups is 3. The van der Waals surface area contributed by atoms with Gasteiger partial charge >= 0.3 is 0 Å². The van der Waals surface area contributed by atoms with Crippen LogP contribution in [-0.4, -0.2) is 33.1 Å². The highest BCUT2D eigenvalue weighted by Crippen LogP contribution is 2.45. The number of aliphatic hydroxyl groups excluding tert-OH is 2. The zero-order valence-corrected chi connectivity index (χ0v) is 12.6. The van der Waals surface area contributed by atoms with Crippen molar-refractivity contribution >= 4 is 0 Å². The van der Waals surface area contributed by atoms with Crippen molar-refractivity contribution < 1.29 is 15.3 Å². The molecule has 0 aliphatic heterocycles. The Balaban J connectivity index is 0. The molecule has 3 nitrogen and oxygen atoms in total. The van der Waals surface area contributed by atoms with Crippen LogP contribution in [0.5, 0.6) is 0 Å². The van der Waals surface area contributed by atoms with Crippen LogP contribution < -0.4 is 0 Å². The van der Waals surface area contributed by atoms with Gasteiger partial charge < -0.3 is 15.3 Å². The second-order valence-corrected chi connectivity index (χ2v) is 4.88. The highest BCUT2D eigenvalue weighted by Gasteiger charge is 2.50. The molecule has 0 spiro atoms. The van der Waals surface area contributed by atoms with Gasteiger partial charge in [0.25, 0.3) is 0 Å². The molecule has 0 aromatic carbocycles. The van der Waals surface area contributed by atoms with Gasteiger partial charge in [-0.3, -0.25) is 0 Å². The lowest BCUT2D eigenvalue weighted by molar-refractivity contribution is -0.183. The Kier molecular flexibility index (Phi) is 9.12. The monoisotopic (exact) mass is 248 g/mol. The van der Waals surface area contributed by atoms with Gasteiger partial charge in [0.2, 0.25) is 0 Å². The first-order valence-corrected chi connectivity index (χ1v) is 6.88. The summed E-state index contributed by atoms with van der Waals surface area (Å²) in [4.78, 5) is 0. The maximum atomic E-state index is 10.2. The summed E-state index contributed by atoms with van der Waals surface area (Å²) in [5.41, 5.74) is -1.47. The van der Waals surface area contributed by atoms with Crippen LogP contribution in [-0.2, 0) is 0 Å². The molecule has 17 heavy (non-hydrogen) atoms. The summed E-state index contributed by atoms with van der Waals surface area (Å²) < 4.78 is 0. The van der Waals surface area contributed by atoms with Crippen molar-refractivity contribution in [1.82, 2.24) is 0 Å². The van der Waals surface area contributed by atoms with Crippen molar-refractivity contribution in [1.29, 1.82) is 0 Å². The van der Waals surface area contributed by atoms with Gasteiger partial charge in [0.05, 0.1) is 17.8 Å². The van der Waals surface area contributed by atoms with Gasteiger partial charge in [-0.15, -0.1) is 0 Å². The maximum absolute atomic E-state index is 10.2. The molecule has 3 heteroatoms. The predicted octanol–water partition coefficient (Wildman–Crippen LogP) is 2.72. The van der Waals surface area contributed by atoms with Crippen LogP contribution in [0.25, 0.3) is 0 Å². The van der Waals surface area contributed by atoms with Crippen LogP contribution in [0.4, 0.5) is 0 Å². The molecule has 1 fully saturated rings. The van der Waals surface area contributed by atoms with Crippen LogP contribution in [0.1, 0.15) is 67.7 Å². The molecule has 0 aromatic rings. The van der Waals surface area contributed by atoms with Crippen LogP contribution in [0, 0.1) is 5.41 Å². The van der Waals surface area contributed by atoms with E-state index in [1.54, 1.807) is 6.92 Å². The van der Waals surface area contributed by atoms with Crippen molar-refractivity contribution in [3.8, 4) is 0 Å². The molecule has 106 valence electrons. The fraction of sp³-hybridized carbons (Fsp3) is 1.00. The van der Waals surface area contributed by atoms with E-state index in [1.807, 2.05) is 41.5 Å². The van der Waals surface area contributed by atoms with Crippen LogP contribution in [0.2, 0.25) is 0 Å². The number of hydrogen-bond donors (Lipinski definition) is 3. The lowest BCUT2D eigenvalue weighted by Crippen LogP contribution is -2.57. The third-order valence-corrected chi connectivity index (χ3v) is 3.51. The fourth-order valence-electron chi connectivity index (χ4n) is 2.22. The van der Waals surface area contributed by atoms with E-state index in [9.17, 15) is 15.3 Å². The Morgan fingerprint density at radius 2 is 1.53 bits per heavy atom. The summed E-state index contributed by atoms with van der Waals surface area (Å²) in [6, 6.07) is 0. The predicted molar refractivity (Wildman–Crippen MR) is 73.0 cm³/mol. The molecular weight excluding hydrogens is 216 g/mol. The molecule has 1 saturated carbocycles. The lowest BCUT2D eigenvalue weighted by atomic mass is 9.62. The lowest BCUT2D eigenvalue weighted by Gasteiger charge is -2.49. The molecule has 0 heterocycles. The van der Waals surface area contributed by atoms with E-state index in [0.717, 1.165) is 6.42 Å². The Morgan fingerprint density at radius 1 is 1.12 bits per heavy atom. The van der Waals surface area contributed by atoms with E-state index >= 15 is 0 Å². The Labute approximate surface area is 107 Å². The molecule has 1 aliphatic rings. The smallest absolute Gasteiger partial charge is 0.0977 e. The molecule has 0 unspecified atom stereocenters. The van der Waals surface area contributed by atoms with E-state index in [0.29, 0.717) is 6.42 Å². The van der Waals surface area contributed by atoms with Gasteiger partial charge in [0, 0.05) is 6.42 Å². The maximum Gasteiger partial charge on any atom is 0.0977 e. The Bertz CT molecular complexity index is 190. The Morgan fingerprint density at radius 3 is 1.82 bits per heavy atom. The quantitative estimate of drug-likeness (QED) is 0.668. The molecule has 0 bridgehead atoms. The average molecular weight is 248 g/mol. The number of rotatable bonds is 1. The topological polar surface area (TPSA) is 60.7 Å².